The van der Waals surface area contributed by atoms with Gasteiger partial charge in [0.05, 0.1) is 13.7 Å². The first-order valence-electron chi connectivity index (χ1n) is 6.81. The Balaban J connectivity index is 1.93. The maximum absolute atomic E-state index is 12.1. The van der Waals surface area contributed by atoms with Gasteiger partial charge in [0.1, 0.15) is 11.9 Å². The van der Waals surface area contributed by atoms with Gasteiger partial charge in [-0.2, -0.15) is 0 Å². The summed E-state index contributed by atoms with van der Waals surface area (Å²) in [5.41, 5.74) is 2.10. The maximum atomic E-state index is 12.1. The molecule has 1 aromatic rings. The minimum absolute atomic E-state index is 0.0702. The first-order chi connectivity index (χ1) is 9.60. The number of carbonyl (C=O) groups is 1. The summed E-state index contributed by atoms with van der Waals surface area (Å²) in [5.74, 6) is 0.728. The standard InChI is InChI=1S/C15H22N2O3/c1-11-4-5-12(13(8-11)19-3)9-16-15(18)14-10-17(2)6-7-20-14/h4-5,8,14H,6-7,9-10H2,1-3H3,(H,16,18)/t14-/m1/s1. The summed E-state index contributed by atoms with van der Waals surface area (Å²) in [6, 6.07) is 5.95. The molecule has 1 atom stereocenters. The van der Waals surface area contributed by atoms with Crippen molar-refractivity contribution in [1.82, 2.24) is 10.2 Å². The van der Waals surface area contributed by atoms with Crippen LogP contribution in [-0.4, -0.2) is 50.8 Å². The van der Waals surface area contributed by atoms with Gasteiger partial charge in [0.15, 0.2) is 0 Å². The second-order valence-electron chi connectivity index (χ2n) is 5.15. The van der Waals surface area contributed by atoms with E-state index >= 15 is 0 Å². The van der Waals surface area contributed by atoms with Crippen molar-refractivity contribution in [2.75, 3.05) is 33.9 Å². The number of morpholine rings is 1. The van der Waals surface area contributed by atoms with Crippen molar-refractivity contribution < 1.29 is 14.3 Å². The van der Waals surface area contributed by atoms with Gasteiger partial charge >= 0.3 is 0 Å². The van der Waals surface area contributed by atoms with E-state index in [4.69, 9.17) is 9.47 Å². The minimum Gasteiger partial charge on any atom is -0.496 e. The van der Waals surface area contributed by atoms with Crippen LogP contribution >= 0.6 is 0 Å². The van der Waals surface area contributed by atoms with Gasteiger partial charge in [-0.05, 0) is 25.6 Å². The lowest BCUT2D eigenvalue weighted by atomic mass is 10.1. The van der Waals surface area contributed by atoms with Gasteiger partial charge < -0.3 is 19.7 Å². The molecule has 1 saturated heterocycles. The zero-order valence-corrected chi connectivity index (χ0v) is 12.3. The average molecular weight is 278 g/mol. The summed E-state index contributed by atoms with van der Waals surface area (Å²) in [5, 5.41) is 2.91. The molecular weight excluding hydrogens is 256 g/mol. The van der Waals surface area contributed by atoms with Crippen molar-refractivity contribution in [3.63, 3.8) is 0 Å². The van der Waals surface area contributed by atoms with Crippen molar-refractivity contribution in [2.45, 2.75) is 19.6 Å². The van der Waals surface area contributed by atoms with Gasteiger partial charge in [-0.3, -0.25) is 4.79 Å². The van der Waals surface area contributed by atoms with E-state index in [1.54, 1.807) is 7.11 Å². The van der Waals surface area contributed by atoms with Crippen LogP contribution in [0, 0.1) is 6.92 Å². The third kappa shape index (κ3) is 3.71. The molecule has 0 unspecified atom stereocenters. The molecule has 0 saturated carbocycles. The van der Waals surface area contributed by atoms with E-state index in [2.05, 4.69) is 10.2 Å². The summed E-state index contributed by atoms with van der Waals surface area (Å²) in [7, 11) is 3.63. The minimum atomic E-state index is -0.384. The summed E-state index contributed by atoms with van der Waals surface area (Å²) >= 11 is 0. The van der Waals surface area contributed by atoms with E-state index in [0.717, 1.165) is 23.4 Å². The molecule has 5 heteroatoms. The number of aryl methyl sites for hydroxylation is 1. The van der Waals surface area contributed by atoms with Crippen molar-refractivity contribution in [3.8, 4) is 5.75 Å². The molecule has 1 aliphatic rings. The topological polar surface area (TPSA) is 50.8 Å². The van der Waals surface area contributed by atoms with E-state index in [9.17, 15) is 4.79 Å². The number of nitrogens with zero attached hydrogens (tertiary/aromatic N) is 1. The van der Waals surface area contributed by atoms with Crippen molar-refractivity contribution in [2.24, 2.45) is 0 Å². The van der Waals surface area contributed by atoms with Gasteiger partial charge in [0, 0.05) is 25.2 Å². The zero-order valence-electron chi connectivity index (χ0n) is 12.3. The van der Waals surface area contributed by atoms with Crippen LogP contribution in [0.5, 0.6) is 5.75 Å². The van der Waals surface area contributed by atoms with Gasteiger partial charge in [-0.15, -0.1) is 0 Å². The molecule has 0 radical (unpaired) electrons. The Morgan fingerprint density at radius 1 is 1.55 bits per heavy atom. The Morgan fingerprint density at radius 2 is 2.35 bits per heavy atom. The Bertz CT molecular complexity index is 476. The van der Waals surface area contributed by atoms with Crippen LogP contribution in [0.3, 0.4) is 0 Å². The van der Waals surface area contributed by atoms with Crippen LogP contribution in [-0.2, 0) is 16.1 Å². The number of hydrogen-bond acceptors (Lipinski definition) is 4. The number of likely N-dealkylation sites (N-methyl/N-ethyl adjacent to an activating group) is 1. The predicted octanol–water partition coefficient (Wildman–Crippen LogP) is 0.950. The Morgan fingerprint density at radius 3 is 3.05 bits per heavy atom. The lowest BCUT2D eigenvalue weighted by molar-refractivity contribution is -0.138. The summed E-state index contributed by atoms with van der Waals surface area (Å²) in [4.78, 5) is 14.2. The molecule has 2 rings (SSSR count). The van der Waals surface area contributed by atoms with Crippen LogP contribution in [0.15, 0.2) is 18.2 Å². The van der Waals surface area contributed by atoms with Crippen molar-refractivity contribution in [3.05, 3.63) is 29.3 Å². The second-order valence-corrected chi connectivity index (χ2v) is 5.15. The Kier molecular flexibility index (Phi) is 4.98. The molecule has 1 amide bonds. The molecule has 20 heavy (non-hydrogen) atoms. The summed E-state index contributed by atoms with van der Waals surface area (Å²) in [6.45, 7) is 4.57. The van der Waals surface area contributed by atoms with Crippen LogP contribution in [0.4, 0.5) is 0 Å². The normalized spacial score (nSPS) is 19.6. The van der Waals surface area contributed by atoms with E-state index in [1.165, 1.54) is 0 Å². The molecule has 1 aromatic carbocycles. The van der Waals surface area contributed by atoms with E-state index in [1.807, 2.05) is 32.2 Å². The molecule has 0 bridgehead atoms. The van der Waals surface area contributed by atoms with Crippen molar-refractivity contribution >= 4 is 5.91 Å². The molecule has 1 heterocycles. The number of benzene rings is 1. The van der Waals surface area contributed by atoms with Crippen molar-refractivity contribution in [1.29, 1.82) is 0 Å². The summed E-state index contributed by atoms with van der Waals surface area (Å²) in [6.07, 6.45) is -0.384. The highest BCUT2D eigenvalue weighted by molar-refractivity contribution is 5.81. The largest absolute Gasteiger partial charge is 0.496 e. The summed E-state index contributed by atoms with van der Waals surface area (Å²) < 4.78 is 10.8. The van der Waals surface area contributed by atoms with E-state index < -0.39 is 0 Å². The van der Waals surface area contributed by atoms with Gasteiger partial charge in [0.2, 0.25) is 0 Å². The average Bonchev–Trinajstić information content (AvgIpc) is 2.45. The highest BCUT2D eigenvalue weighted by Crippen LogP contribution is 2.19. The number of methoxy groups -OCH3 is 1. The molecule has 1 N–H and O–H groups in total. The molecule has 0 aliphatic carbocycles. The molecular formula is C15H22N2O3. The van der Waals surface area contributed by atoms with Crippen LogP contribution in [0.25, 0.3) is 0 Å². The van der Waals surface area contributed by atoms with Gasteiger partial charge in [-0.25, -0.2) is 0 Å². The van der Waals surface area contributed by atoms with Crippen LogP contribution in [0.1, 0.15) is 11.1 Å². The SMILES string of the molecule is COc1cc(C)ccc1CNC(=O)[C@H]1CN(C)CCO1. The molecule has 5 nitrogen and oxygen atoms in total. The third-order valence-corrected chi connectivity index (χ3v) is 3.46. The number of ether oxygens (including phenoxy) is 2. The number of nitrogens with one attached hydrogen (secondary N) is 1. The quantitative estimate of drug-likeness (QED) is 0.891. The molecule has 0 spiro atoms. The monoisotopic (exact) mass is 278 g/mol. The fourth-order valence-electron chi connectivity index (χ4n) is 2.23. The smallest absolute Gasteiger partial charge is 0.250 e. The number of carbonyl (C=O) groups excluding carboxylic acids is 1. The maximum Gasteiger partial charge on any atom is 0.250 e. The highest BCUT2D eigenvalue weighted by atomic mass is 16.5. The predicted molar refractivity (Wildman–Crippen MR) is 76.8 cm³/mol. The molecule has 1 aliphatic heterocycles. The zero-order chi connectivity index (χ0) is 14.5. The Labute approximate surface area is 119 Å². The van der Waals surface area contributed by atoms with E-state index in [0.29, 0.717) is 19.7 Å². The number of amides is 1. The van der Waals surface area contributed by atoms with Crippen LogP contribution < -0.4 is 10.1 Å². The second kappa shape index (κ2) is 6.72. The fraction of sp³-hybridized carbons (Fsp3) is 0.533. The lowest BCUT2D eigenvalue weighted by Gasteiger charge is -2.29. The molecule has 1 fully saturated rings. The third-order valence-electron chi connectivity index (χ3n) is 3.46. The molecule has 0 aromatic heterocycles. The van der Waals surface area contributed by atoms with Crippen LogP contribution in [0.2, 0.25) is 0 Å². The Hall–Kier alpha value is -1.59. The first kappa shape index (κ1) is 14.8. The number of rotatable bonds is 4. The van der Waals surface area contributed by atoms with Gasteiger partial charge in [-0.1, -0.05) is 12.1 Å². The fourth-order valence-corrected chi connectivity index (χ4v) is 2.23. The highest BCUT2D eigenvalue weighted by Gasteiger charge is 2.24. The lowest BCUT2D eigenvalue weighted by Crippen LogP contribution is -2.48. The molecule has 110 valence electrons. The van der Waals surface area contributed by atoms with Gasteiger partial charge in [0.25, 0.3) is 5.91 Å². The first-order valence-corrected chi connectivity index (χ1v) is 6.81. The van der Waals surface area contributed by atoms with E-state index in [-0.39, 0.29) is 12.0 Å². The number of hydrogen-bond donors (Lipinski definition) is 1.